The minimum Gasteiger partial charge on any atom is -0.465 e. The van der Waals surface area contributed by atoms with E-state index < -0.39 is 0 Å². The van der Waals surface area contributed by atoms with Crippen molar-refractivity contribution in [3.05, 3.63) is 15.6 Å². The molecule has 1 aromatic heterocycles. The summed E-state index contributed by atoms with van der Waals surface area (Å²) in [6.45, 7) is 1.90. The lowest BCUT2D eigenvalue weighted by molar-refractivity contribution is 0.0605. The van der Waals surface area contributed by atoms with Crippen molar-refractivity contribution in [2.24, 2.45) is 0 Å². The molecule has 0 N–H and O–H groups in total. The number of carbonyl (C=O) groups excluding carboxylic acids is 1. The molecule has 100 valence electrons. The molecule has 0 unspecified atom stereocenters. The maximum absolute atomic E-state index is 11.6. The van der Waals surface area contributed by atoms with E-state index in [-0.39, 0.29) is 5.97 Å². The second kappa shape index (κ2) is 6.32. The van der Waals surface area contributed by atoms with E-state index in [0.29, 0.717) is 10.8 Å². The second-order valence-electron chi connectivity index (χ2n) is 5.00. The van der Waals surface area contributed by atoms with Crippen molar-refractivity contribution in [3.8, 4) is 0 Å². The number of rotatable bonds is 2. The Morgan fingerprint density at radius 2 is 1.83 bits per heavy atom. The molecule has 1 saturated carbocycles. The van der Waals surface area contributed by atoms with Gasteiger partial charge in [0, 0.05) is 5.92 Å². The largest absolute Gasteiger partial charge is 0.465 e. The molecule has 0 saturated heterocycles. The van der Waals surface area contributed by atoms with Crippen molar-refractivity contribution in [1.82, 2.24) is 4.98 Å². The maximum atomic E-state index is 11.6. The average Bonchev–Trinajstić information content (AvgIpc) is 2.70. The zero-order valence-electron chi connectivity index (χ0n) is 11.2. The molecule has 2 rings (SSSR count). The van der Waals surface area contributed by atoms with Crippen LogP contribution in [0.4, 0.5) is 0 Å². The predicted octanol–water partition coefficient (Wildman–Crippen LogP) is 4.07. The van der Waals surface area contributed by atoms with Gasteiger partial charge in [-0.3, -0.25) is 0 Å². The molecule has 1 heterocycles. The van der Waals surface area contributed by atoms with Gasteiger partial charge >= 0.3 is 5.97 Å². The molecule has 0 bridgehead atoms. The Balaban J connectivity index is 2.14. The molecule has 0 aromatic carbocycles. The van der Waals surface area contributed by atoms with Gasteiger partial charge in [-0.25, -0.2) is 9.78 Å². The van der Waals surface area contributed by atoms with E-state index >= 15 is 0 Å². The molecule has 1 fully saturated rings. The minimum absolute atomic E-state index is 0.248. The Morgan fingerprint density at radius 3 is 2.44 bits per heavy atom. The molecule has 0 radical (unpaired) electrons. The number of aromatic nitrogens is 1. The van der Waals surface area contributed by atoms with E-state index in [1.807, 2.05) is 6.92 Å². The lowest BCUT2D eigenvalue weighted by Crippen LogP contribution is -2.01. The van der Waals surface area contributed by atoms with E-state index in [1.165, 1.54) is 63.4 Å². The molecule has 4 heteroatoms. The average molecular weight is 267 g/mol. The van der Waals surface area contributed by atoms with Gasteiger partial charge in [0.1, 0.15) is 4.88 Å². The number of esters is 1. The van der Waals surface area contributed by atoms with Gasteiger partial charge in [-0.2, -0.15) is 0 Å². The summed E-state index contributed by atoms with van der Waals surface area (Å²) in [4.78, 5) is 16.9. The first-order chi connectivity index (χ1) is 8.72. The quantitative estimate of drug-likeness (QED) is 0.758. The molecule has 1 aliphatic carbocycles. The van der Waals surface area contributed by atoms with Crippen LogP contribution in [0, 0.1) is 6.92 Å². The number of nitrogens with zero attached hydrogens (tertiary/aromatic N) is 1. The number of ether oxygens (including phenoxy) is 1. The third kappa shape index (κ3) is 3.10. The minimum atomic E-state index is -0.248. The van der Waals surface area contributed by atoms with Crippen molar-refractivity contribution >= 4 is 17.3 Å². The summed E-state index contributed by atoms with van der Waals surface area (Å²) in [5, 5.41) is 1.13. The zero-order valence-corrected chi connectivity index (χ0v) is 12.0. The normalized spacial score (nSPS) is 18.1. The third-order valence-electron chi connectivity index (χ3n) is 3.64. The van der Waals surface area contributed by atoms with Crippen molar-refractivity contribution in [3.63, 3.8) is 0 Å². The first-order valence-corrected chi connectivity index (χ1v) is 7.59. The number of thiazole rings is 1. The van der Waals surface area contributed by atoms with Crippen LogP contribution >= 0.6 is 11.3 Å². The van der Waals surface area contributed by atoms with Gasteiger partial charge in [0.05, 0.1) is 17.8 Å². The van der Waals surface area contributed by atoms with E-state index in [1.54, 1.807) is 0 Å². The first kappa shape index (κ1) is 13.5. The van der Waals surface area contributed by atoms with Crippen LogP contribution in [0.2, 0.25) is 0 Å². The number of aryl methyl sites for hydroxylation is 1. The topological polar surface area (TPSA) is 39.2 Å². The summed E-state index contributed by atoms with van der Waals surface area (Å²) < 4.78 is 4.79. The number of methoxy groups -OCH3 is 1. The molecular weight excluding hydrogens is 246 g/mol. The van der Waals surface area contributed by atoms with Crippen molar-refractivity contribution in [2.45, 2.75) is 57.8 Å². The molecule has 1 aromatic rings. The number of carbonyl (C=O) groups is 1. The van der Waals surface area contributed by atoms with Crippen LogP contribution in [-0.2, 0) is 4.74 Å². The highest BCUT2D eigenvalue weighted by Crippen LogP contribution is 2.34. The second-order valence-corrected chi connectivity index (χ2v) is 6.03. The van der Waals surface area contributed by atoms with Gasteiger partial charge in [-0.05, 0) is 19.8 Å². The Hall–Kier alpha value is -0.900. The molecule has 18 heavy (non-hydrogen) atoms. The summed E-state index contributed by atoms with van der Waals surface area (Å²) in [5.74, 6) is 0.300. The van der Waals surface area contributed by atoms with Crippen LogP contribution < -0.4 is 0 Å². The summed E-state index contributed by atoms with van der Waals surface area (Å²) >= 11 is 1.53. The van der Waals surface area contributed by atoms with E-state index in [9.17, 15) is 4.79 Å². The molecule has 3 nitrogen and oxygen atoms in total. The molecule has 1 aliphatic rings. The van der Waals surface area contributed by atoms with Gasteiger partial charge in [-0.1, -0.05) is 32.1 Å². The van der Waals surface area contributed by atoms with Crippen molar-refractivity contribution in [1.29, 1.82) is 0 Å². The van der Waals surface area contributed by atoms with Crippen LogP contribution in [0.3, 0.4) is 0 Å². The third-order valence-corrected chi connectivity index (χ3v) is 4.94. The van der Waals surface area contributed by atoms with E-state index in [4.69, 9.17) is 4.74 Å². The Morgan fingerprint density at radius 1 is 1.22 bits per heavy atom. The van der Waals surface area contributed by atoms with Crippen molar-refractivity contribution in [2.75, 3.05) is 7.11 Å². The Labute approximate surface area is 113 Å². The summed E-state index contributed by atoms with van der Waals surface area (Å²) in [6, 6.07) is 0. The van der Waals surface area contributed by atoms with Gasteiger partial charge < -0.3 is 4.74 Å². The van der Waals surface area contributed by atoms with Gasteiger partial charge in [0.2, 0.25) is 0 Å². The fraction of sp³-hybridized carbons (Fsp3) is 0.714. The van der Waals surface area contributed by atoms with E-state index in [2.05, 4.69) is 4.98 Å². The fourth-order valence-corrected chi connectivity index (χ4v) is 3.73. The van der Waals surface area contributed by atoms with E-state index in [0.717, 1.165) is 10.7 Å². The lowest BCUT2D eigenvalue weighted by atomic mass is 9.92. The fourth-order valence-electron chi connectivity index (χ4n) is 2.58. The van der Waals surface area contributed by atoms with Crippen LogP contribution in [0.25, 0.3) is 0 Å². The highest BCUT2D eigenvalue weighted by atomic mass is 32.1. The standard InChI is InChI=1S/C14H21NO2S/c1-10-12(14(16)17-2)18-13(15-10)11-8-6-4-3-5-7-9-11/h11H,3-9H2,1-2H3. The Kier molecular flexibility index (Phi) is 4.75. The van der Waals surface area contributed by atoms with Crippen LogP contribution in [0.5, 0.6) is 0 Å². The Bertz CT molecular complexity index is 406. The maximum Gasteiger partial charge on any atom is 0.349 e. The monoisotopic (exact) mass is 267 g/mol. The summed E-state index contributed by atoms with van der Waals surface area (Å²) in [5.41, 5.74) is 0.823. The highest BCUT2D eigenvalue weighted by molar-refractivity contribution is 7.13. The SMILES string of the molecule is COC(=O)c1sc(C2CCCCCCC2)nc1C. The van der Waals surface area contributed by atoms with Crippen LogP contribution in [0.1, 0.15) is 71.2 Å². The number of hydrogen-bond donors (Lipinski definition) is 0. The lowest BCUT2D eigenvalue weighted by Gasteiger charge is -2.17. The molecular formula is C14H21NO2S. The zero-order chi connectivity index (χ0) is 13.0. The smallest absolute Gasteiger partial charge is 0.349 e. The molecule has 0 amide bonds. The molecule has 0 aliphatic heterocycles. The van der Waals surface area contributed by atoms with Crippen LogP contribution in [-0.4, -0.2) is 18.1 Å². The van der Waals surface area contributed by atoms with Gasteiger partial charge in [-0.15, -0.1) is 11.3 Å². The summed E-state index contributed by atoms with van der Waals surface area (Å²) in [6.07, 6.45) is 9.06. The summed E-state index contributed by atoms with van der Waals surface area (Å²) in [7, 11) is 1.43. The van der Waals surface area contributed by atoms with Crippen LogP contribution in [0.15, 0.2) is 0 Å². The van der Waals surface area contributed by atoms with Crippen molar-refractivity contribution < 1.29 is 9.53 Å². The highest BCUT2D eigenvalue weighted by Gasteiger charge is 2.21. The predicted molar refractivity (Wildman–Crippen MR) is 73.3 cm³/mol. The number of hydrogen-bond acceptors (Lipinski definition) is 4. The molecule has 0 atom stereocenters. The first-order valence-electron chi connectivity index (χ1n) is 6.78. The van der Waals surface area contributed by atoms with Gasteiger partial charge in [0.15, 0.2) is 0 Å². The van der Waals surface area contributed by atoms with Gasteiger partial charge in [0.25, 0.3) is 0 Å². The molecule has 0 spiro atoms.